The second kappa shape index (κ2) is 5.16. The first-order chi connectivity index (χ1) is 10.4. The molecule has 0 N–H and O–H groups in total. The Morgan fingerprint density at radius 2 is 1.86 bits per heavy atom. The molecule has 2 aliphatic carbocycles. The van der Waals surface area contributed by atoms with Gasteiger partial charge in [-0.2, -0.15) is 0 Å². The van der Waals surface area contributed by atoms with Gasteiger partial charge in [-0.1, -0.05) is 48.6 Å². The molecule has 1 heteroatoms. The van der Waals surface area contributed by atoms with Gasteiger partial charge in [0, 0.05) is 7.11 Å². The van der Waals surface area contributed by atoms with E-state index in [0.29, 0.717) is 5.92 Å². The quantitative estimate of drug-likeness (QED) is 0.819. The average molecular weight is 275 g/mol. The molecular formula is C20H19O. The zero-order valence-corrected chi connectivity index (χ0v) is 12.3. The SMILES string of the molecule is CO[CH]C1CC=c2c(ccc3c2=CCc2ccccc2-3)C1. The highest BCUT2D eigenvalue weighted by Crippen LogP contribution is 2.25. The molecule has 1 atom stereocenters. The summed E-state index contributed by atoms with van der Waals surface area (Å²) in [5.41, 5.74) is 5.68. The molecule has 0 fully saturated rings. The van der Waals surface area contributed by atoms with Crippen molar-refractivity contribution in [3.8, 4) is 11.1 Å². The summed E-state index contributed by atoms with van der Waals surface area (Å²) in [5, 5.41) is 2.88. The van der Waals surface area contributed by atoms with E-state index in [0.717, 1.165) is 19.3 Å². The topological polar surface area (TPSA) is 9.23 Å². The number of ether oxygens (including phenoxy) is 1. The van der Waals surface area contributed by atoms with E-state index < -0.39 is 0 Å². The van der Waals surface area contributed by atoms with E-state index in [1.807, 2.05) is 6.61 Å². The normalized spacial score (nSPS) is 18.8. The first-order valence-corrected chi connectivity index (χ1v) is 7.63. The van der Waals surface area contributed by atoms with Crippen molar-refractivity contribution in [1.29, 1.82) is 0 Å². The summed E-state index contributed by atoms with van der Waals surface area (Å²) in [4.78, 5) is 0. The van der Waals surface area contributed by atoms with Crippen molar-refractivity contribution in [3.05, 3.63) is 64.6 Å². The highest BCUT2D eigenvalue weighted by molar-refractivity contribution is 5.74. The van der Waals surface area contributed by atoms with E-state index in [4.69, 9.17) is 4.74 Å². The van der Waals surface area contributed by atoms with Crippen molar-refractivity contribution in [1.82, 2.24) is 0 Å². The van der Waals surface area contributed by atoms with Crippen molar-refractivity contribution in [2.24, 2.45) is 5.92 Å². The number of rotatable bonds is 2. The average Bonchev–Trinajstić information content (AvgIpc) is 2.54. The van der Waals surface area contributed by atoms with Crippen molar-refractivity contribution >= 4 is 12.2 Å². The molecule has 0 heterocycles. The Hall–Kier alpha value is -1.86. The summed E-state index contributed by atoms with van der Waals surface area (Å²) in [7, 11) is 1.74. The van der Waals surface area contributed by atoms with Gasteiger partial charge in [-0.3, -0.25) is 0 Å². The van der Waals surface area contributed by atoms with Crippen molar-refractivity contribution in [3.63, 3.8) is 0 Å². The third kappa shape index (κ3) is 2.13. The van der Waals surface area contributed by atoms with Crippen LogP contribution in [0.15, 0.2) is 36.4 Å². The summed E-state index contributed by atoms with van der Waals surface area (Å²) in [6.45, 7) is 1.97. The molecular weight excluding hydrogens is 256 g/mol. The van der Waals surface area contributed by atoms with E-state index >= 15 is 0 Å². The van der Waals surface area contributed by atoms with Crippen LogP contribution in [0.2, 0.25) is 0 Å². The summed E-state index contributed by atoms with van der Waals surface area (Å²) >= 11 is 0. The van der Waals surface area contributed by atoms with Gasteiger partial charge in [0.25, 0.3) is 0 Å². The van der Waals surface area contributed by atoms with E-state index in [1.165, 1.54) is 32.7 Å². The van der Waals surface area contributed by atoms with Gasteiger partial charge in [0.15, 0.2) is 0 Å². The van der Waals surface area contributed by atoms with E-state index in [1.54, 1.807) is 7.11 Å². The molecule has 1 unspecified atom stereocenters. The van der Waals surface area contributed by atoms with Crippen LogP contribution in [0.4, 0.5) is 0 Å². The van der Waals surface area contributed by atoms with Gasteiger partial charge < -0.3 is 4.74 Å². The molecule has 21 heavy (non-hydrogen) atoms. The van der Waals surface area contributed by atoms with E-state index in [2.05, 4.69) is 48.6 Å². The van der Waals surface area contributed by atoms with Gasteiger partial charge in [0.2, 0.25) is 0 Å². The summed E-state index contributed by atoms with van der Waals surface area (Å²) in [5.74, 6) is 0.511. The smallest absolute Gasteiger partial charge is 0.0869 e. The van der Waals surface area contributed by atoms with E-state index in [-0.39, 0.29) is 0 Å². The van der Waals surface area contributed by atoms with Gasteiger partial charge in [-0.15, -0.1) is 0 Å². The van der Waals surface area contributed by atoms with E-state index in [9.17, 15) is 0 Å². The maximum Gasteiger partial charge on any atom is 0.0869 e. The molecule has 0 saturated heterocycles. The highest BCUT2D eigenvalue weighted by Gasteiger charge is 2.18. The Morgan fingerprint density at radius 3 is 2.76 bits per heavy atom. The molecule has 0 saturated carbocycles. The van der Waals surface area contributed by atoms with Crippen LogP contribution in [0.25, 0.3) is 23.3 Å². The Kier molecular flexibility index (Phi) is 3.16. The molecule has 0 spiro atoms. The van der Waals surface area contributed by atoms with Crippen LogP contribution >= 0.6 is 0 Å². The van der Waals surface area contributed by atoms with Gasteiger partial charge in [-0.25, -0.2) is 0 Å². The van der Waals surface area contributed by atoms with Crippen LogP contribution in [0.5, 0.6) is 0 Å². The van der Waals surface area contributed by atoms with Crippen LogP contribution in [-0.4, -0.2) is 7.11 Å². The largest absolute Gasteiger partial charge is 0.378 e. The lowest BCUT2D eigenvalue weighted by Crippen LogP contribution is -2.35. The maximum absolute atomic E-state index is 5.20. The first-order valence-electron chi connectivity index (χ1n) is 7.63. The molecule has 0 aromatic heterocycles. The van der Waals surface area contributed by atoms with Gasteiger partial charge in [0.05, 0.1) is 6.61 Å². The Balaban J connectivity index is 1.86. The van der Waals surface area contributed by atoms with Crippen LogP contribution < -0.4 is 10.4 Å². The molecule has 0 bridgehead atoms. The lowest BCUT2D eigenvalue weighted by atomic mass is 9.84. The highest BCUT2D eigenvalue weighted by atomic mass is 16.5. The molecule has 2 aromatic carbocycles. The second-order valence-corrected chi connectivity index (χ2v) is 5.94. The summed E-state index contributed by atoms with van der Waals surface area (Å²) in [6, 6.07) is 13.4. The Morgan fingerprint density at radius 1 is 0.952 bits per heavy atom. The zero-order valence-electron chi connectivity index (χ0n) is 12.3. The standard InChI is InChI=1S/C20H19O/c1-21-13-14-6-9-18-16(12-14)8-11-19-17-5-3-2-4-15(17)7-10-20(18)19/h2-5,8-11,13-14H,6-7,12H2,1H3. The van der Waals surface area contributed by atoms with Crippen LogP contribution in [0.3, 0.4) is 0 Å². The minimum atomic E-state index is 0.511. The fourth-order valence-electron chi connectivity index (χ4n) is 3.66. The third-order valence-corrected chi connectivity index (χ3v) is 4.65. The lowest BCUT2D eigenvalue weighted by molar-refractivity contribution is 0.228. The minimum Gasteiger partial charge on any atom is -0.378 e. The molecule has 105 valence electrons. The maximum atomic E-state index is 5.20. The number of hydrogen-bond acceptors (Lipinski definition) is 1. The Bertz CT molecular complexity index is 801. The fraction of sp³-hybridized carbons (Fsp3) is 0.250. The lowest BCUT2D eigenvalue weighted by Gasteiger charge is -2.22. The van der Waals surface area contributed by atoms with Crippen LogP contribution in [0, 0.1) is 12.5 Å². The Labute approximate surface area is 125 Å². The summed E-state index contributed by atoms with van der Waals surface area (Å²) < 4.78 is 5.20. The fourth-order valence-corrected chi connectivity index (χ4v) is 3.66. The van der Waals surface area contributed by atoms with Crippen molar-refractivity contribution in [2.75, 3.05) is 7.11 Å². The molecule has 4 rings (SSSR count). The molecule has 1 radical (unpaired) electrons. The van der Waals surface area contributed by atoms with Gasteiger partial charge >= 0.3 is 0 Å². The van der Waals surface area contributed by atoms with Crippen LogP contribution in [0.1, 0.15) is 17.5 Å². The van der Waals surface area contributed by atoms with Gasteiger partial charge in [-0.05, 0) is 57.9 Å². The van der Waals surface area contributed by atoms with Crippen molar-refractivity contribution in [2.45, 2.75) is 19.3 Å². The molecule has 0 amide bonds. The molecule has 2 aliphatic rings. The third-order valence-electron chi connectivity index (χ3n) is 4.65. The van der Waals surface area contributed by atoms with Crippen molar-refractivity contribution < 1.29 is 4.74 Å². The summed E-state index contributed by atoms with van der Waals surface area (Å²) in [6.07, 6.45) is 7.99. The monoisotopic (exact) mass is 275 g/mol. The molecule has 2 aromatic rings. The number of fused-ring (bicyclic) bond motifs is 5. The minimum absolute atomic E-state index is 0.511. The predicted octanol–water partition coefficient (Wildman–Crippen LogP) is 2.84. The number of benzene rings is 2. The first kappa shape index (κ1) is 12.8. The molecule has 1 nitrogen and oxygen atoms in total. The number of hydrogen-bond donors (Lipinski definition) is 0. The predicted molar refractivity (Wildman–Crippen MR) is 86.9 cm³/mol. The number of methoxy groups -OCH3 is 1. The van der Waals surface area contributed by atoms with Crippen LogP contribution in [-0.2, 0) is 17.6 Å². The van der Waals surface area contributed by atoms with Gasteiger partial charge in [0.1, 0.15) is 0 Å². The zero-order chi connectivity index (χ0) is 14.2. The second-order valence-electron chi connectivity index (χ2n) is 5.94. The molecule has 0 aliphatic heterocycles.